The predicted octanol–water partition coefficient (Wildman–Crippen LogP) is 4.87. The van der Waals surface area contributed by atoms with Crippen molar-refractivity contribution < 1.29 is 22.7 Å². The molecule has 0 fully saturated rings. The van der Waals surface area contributed by atoms with Crippen molar-refractivity contribution >= 4 is 27.4 Å². The van der Waals surface area contributed by atoms with Gasteiger partial charge in [0.2, 0.25) is 5.78 Å². The van der Waals surface area contributed by atoms with Crippen molar-refractivity contribution in [3.05, 3.63) is 101 Å². The van der Waals surface area contributed by atoms with Crippen LogP contribution >= 0.6 is 0 Å². The zero-order chi connectivity index (χ0) is 25.7. The second kappa shape index (κ2) is 10.8. The van der Waals surface area contributed by atoms with Gasteiger partial charge in [0.15, 0.2) is 0 Å². The molecular formula is C28H28N2O5S. The number of carbonyl (C=O) groups excluding carboxylic acids is 2. The minimum Gasteiger partial charge on any atom is -0.496 e. The second-order valence-electron chi connectivity index (χ2n) is 8.35. The summed E-state index contributed by atoms with van der Waals surface area (Å²) >= 11 is 0. The highest BCUT2D eigenvalue weighted by atomic mass is 32.2. The summed E-state index contributed by atoms with van der Waals surface area (Å²) in [5.74, 6) is -0.632. The van der Waals surface area contributed by atoms with Crippen molar-refractivity contribution in [3.63, 3.8) is 0 Å². The summed E-state index contributed by atoms with van der Waals surface area (Å²) in [6.07, 6.45) is 2.24. The number of carbonyl (C=O) groups is 2. The van der Waals surface area contributed by atoms with E-state index < -0.39 is 21.7 Å². The smallest absolute Gasteiger partial charge is 0.265 e. The van der Waals surface area contributed by atoms with Crippen LogP contribution in [0.5, 0.6) is 5.75 Å². The molecule has 1 heterocycles. The monoisotopic (exact) mass is 504 g/mol. The quantitative estimate of drug-likeness (QED) is 0.332. The first-order valence-corrected chi connectivity index (χ1v) is 13.2. The predicted molar refractivity (Wildman–Crippen MR) is 138 cm³/mol. The molecule has 7 nitrogen and oxygen atoms in total. The van der Waals surface area contributed by atoms with E-state index in [1.807, 2.05) is 6.92 Å². The van der Waals surface area contributed by atoms with Crippen molar-refractivity contribution in [3.8, 4) is 5.75 Å². The van der Waals surface area contributed by atoms with Gasteiger partial charge in [-0.2, -0.15) is 0 Å². The Labute approximate surface area is 211 Å². The van der Waals surface area contributed by atoms with E-state index in [9.17, 15) is 18.0 Å². The molecule has 3 aromatic carbocycles. The van der Waals surface area contributed by atoms with Crippen LogP contribution in [-0.4, -0.2) is 38.1 Å². The van der Waals surface area contributed by atoms with E-state index in [1.165, 1.54) is 13.2 Å². The summed E-state index contributed by atoms with van der Waals surface area (Å²) in [6, 6.07) is 21.6. The molecule has 4 rings (SSSR count). The molecule has 0 saturated heterocycles. The minimum atomic E-state index is -4.03. The molecule has 36 heavy (non-hydrogen) atoms. The number of ether oxygens (including phenoxy) is 1. The molecule has 0 aliphatic carbocycles. The molecule has 186 valence electrons. The summed E-state index contributed by atoms with van der Waals surface area (Å²) in [6.45, 7) is 2.14. The molecular weight excluding hydrogens is 476 g/mol. The van der Waals surface area contributed by atoms with Gasteiger partial charge in [0.05, 0.1) is 23.3 Å². The SMILES string of the molecule is CCCCCN1C(C(=O)c2ccccc2)=C(NC(=O)c2ccccc2OC)c2ccccc2S1(=O)=O. The maximum Gasteiger partial charge on any atom is 0.265 e. The lowest BCUT2D eigenvalue weighted by Crippen LogP contribution is -2.41. The lowest BCUT2D eigenvalue weighted by Gasteiger charge is -2.34. The van der Waals surface area contributed by atoms with Gasteiger partial charge in [-0.3, -0.25) is 13.9 Å². The number of hydrogen-bond acceptors (Lipinski definition) is 5. The molecule has 0 atom stereocenters. The maximum absolute atomic E-state index is 13.9. The number of allylic oxidation sites excluding steroid dienone is 1. The van der Waals surface area contributed by atoms with Crippen molar-refractivity contribution in [2.24, 2.45) is 0 Å². The lowest BCUT2D eigenvalue weighted by molar-refractivity contribution is 0.0969. The van der Waals surface area contributed by atoms with E-state index in [4.69, 9.17) is 4.74 Å². The fourth-order valence-corrected chi connectivity index (χ4v) is 5.94. The third kappa shape index (κ3) is 4.77. The van der Waals surface area contributed by atoms with E-state index in [-0.39, 0.29) is 34.0 Å². The molecule has 1 N–H and O–H groups in total. The van der Waals surface area contributed by atoms with E-state index in [0.29, 0.717) is 17.7 Å². The first-order chi connectivity index (χ1) is 17.4. The van der Waals surface area contributed by atoms with Crippen molar-refractivity contribution in [2.75, 3.05) is 13.7 Å². The molecule has 0 radical (unpaired) electrons. The number of methoxy groups -OCH3 is 1. The van der Waals surface area contributed by atoms with Gasteiger partial charge in [0.25, 0.3) is 15.9 Å². The van der Waals surface area contributed by atoms with Gasteiger partial charge in [0.1, 0.15) is 11.4 Å². The third-order valence-corrected chi connectivity index (χ3v) is 7.87. The number of fused-ring (bicyclic) bond motifs is 1. The number of rotatable bonds is 9. The van der Waals surface area contributed by atoms with E-state index in [1.54, 1.807) is 72.8 Å². The van der Waals surface area contributed by atoms with Gasteiger partial charge in [-0.25, -0.2) is 8.42 Å². The van der Waals surface area contributed by atoms with Gasteiger partial charge in [-0.15, -0.1) is 0 Å². The Bertz CT molecular complexity index is 1410. The van der Waals surface area contributed by atoms with Crippen LogP contribution in [0.25, 0.3) is 5.70 Å². The number of unbranched alkanes of at least 4 members (excludes halogenated alkanes) is 2. The molecule has 0 unspecified atom stereocenters. The standard InChI is InChI=1S/C28H28N2O5S/c1-3-4-12-19-30-26(27(31)20-13-6-5-7-14-20)25(22-16-9-11-18-24(22)36(30,33)34)29-28(32)21-15-8-10-17-23(21)35-2/h5-11,13-18H,3-4,12,19H2,1-2H3,(H,29,32). The minimum absolute atomic E-state index is 0.0430. The number of Topliss-reactive ketones (excluding diaryl/α,β-unsaturated/α-hetero) is 1. The Morgan fingerprint density at radius 3 is 2.28 bits per heavy atom. The molecule has 1 aliphatic rings. The van der Waals surface area contributed by atoms with Crippen LogP contribution in [0.1, 0.15) is 52.5 Å². The Morgan fingerprint density at radius 2 is 1.56 bits per heavy atom. The summed E-state index contributed by atoms with van der Waals surface area (Å²) in [4.78, 5) is 27.3. The fraction of sp³-hybridized carbons (Fsp3) is 0.214. The Morgan fingerprint density at radius 1 is 0.889 bits per heavy atom. The molecule has 1 aliphatic heterocycles. The Balaban J connectivity index is 1.94. The van der Waals surface area contributed by atoms with Gasteiger partial charge in [0, 0.05) is 17.7 Å². The van der Waals surface area contributed by atoms with Crippen molar-refractivity contribution in [1.29, 1.82) is 0 Å². The van der Waals surface area contributed by atoms with Crippen LogP contribution in [0.2, 0.25) is 0 Å². The van der Waals surface area contributed by atoms with Crippen LogP contribution in [0.3, 0.4) is 0 Å². The Kier molecular flexibility index (Phi) is 7.55. The van der Waals surface area contributed by atoms with Crippen LogP contribution in [0, 0.1) is 0 Å². The largest absolute Gasteiger partial charge is 0.496 e. The van der Waals surface area contributed by atoms with E-state index >= 15 is 0 Å². The van der Waals surface area contributed by atoms with Gasteiger partial charge in [-0.1, -0.05) is 80.4 Å². The highest BCUT2D eigenvalue weighted by Crippen LogP contribution is 2.37. The normalized spacial score (nSPS) is 14.2. The van der Waals surface area contributed by atoms with Crippen LogP contribution in [0.15, 0.2) is 89.5 Å². The lowest BCUT2D eigenvalue weighted by atomic mass is 10.0. The number of para-hydroxylation sites is 1. The second-order valence-corrected chi connectivity index (χ2v) is 10.2. The highest BCUT2D eigenvalue weighted by molar-refractivity contribution is 7.89. The number of amides is 1. The molecule has 8 heteroatoms. The third-order valence-electron chi connectivity index (χ3n) is 6.02. The summed E-state index contributed by atoms with van der Waals surface area (Å²) in [7, 11) is -2.57. The first-order valence-electron chi connectivity index (χ1n) is 11.8. The summed E-state index contributed by atoms with van der Waals surface area (Å²) < 4.78 is 34.0. The number of ketones is 1. The van der Waals surface area contributed by atoms with Crippen molar-refractivity contribution in [1.82, 2.24) is 9.62 Å². The molecule has 0 bridgehead atoms. The zero-order valence-electron chi connectivity index (χ0n) is 20.2. The number of sulfonamides is 1. The number of hydrogen-bond donors (Lipinski definition) is 1. The number of nitrogens with zero attached hydrogens (tertiary/aromatic N) is 1. The van der Waals surface area contributed by atoms with Gasteiger partial charge >= 0.3 is 0 Å². The summed E-state index contributed by atoms with van der Waals surface area (Å²) in [5, 5.41) is 2.86. The number of nitrogens with one attached hydrogen (secondary N) is 1. The zero-order valence-corrected chi connectivity index (χ0v) is 21.0. The molecule has 0 aromatic heterocycles. The van der Waals surface area contributed by atoms with E-state index in [2.05, 4.69) is 5.32 Å². The average Bonchev–Trinajstić information content (AvgIpc) is 2.91. The Hall–Kier alpha value is -3.91. The molecule has 3 aromatic rings. The fourth-order valence-electron chi connectivity index (χ4n) is 4.22. The van der Waals surface area contributed by atoms with Gasteiger partial charge in [-0.05, 0) is 24.6 Å². The number of benzene rings is 3. The summed E-state index contributed by atoms with van der Waals surface area (Å²) in [5.41, 5.74) is 0.946. The highest BCUT2D eigenvalue weighted by Gasteiger charge is 2.40. The van der Waals surface area contributed by atoms with Crippen molar-refractivity contribution in [2.45, 2.75) is 31.1 Å². The average molecular weight is 505 g/mol. The molecule has 0 spiro atoms. The van der Waals surface area contributed by atoms with Crippen LogP contribution < -0.4 is 10.1 Å². The molecule has 0 saturated carbocycles. The maximum atomic E-state index is 13.9. The van der Waals surface area contributed by atoms with Crippen LogP contribution in [0.4, 0.5) is 0 Å². The van der Waals surface area contributed by atoms with Gasteiger partial charge < -0.3 is 10.1 Å². The van der Waals surface area contributed by atoms with E-state index in [0.717, 1.165) is 17.1 Å². The molecule has 1 amide bonds. The first kappa shape index (κ1) is 25.2. The van der Waals surface area contributed by atoms with Crippen LogP contribution in [-0.2, 0) is 10.0 Å². The topological polar surface area (TPSA) is 92.8 Å².